The van der Waals surface area contributed by atoms with Gasteiger partial charge in [0.25, 0.3) is 0 Å². The van der Waals surface area contributed by atoms with Crippen molar-refractivity contribution >= 4 is 31.4 Å². The molecule has 108 valence electrons. The molecule has 1 heterocycles. The van der Waals surface area contributed by atoms with Gasteiger partial charge in [0.15, 0.2) is 0 Å². The summed E-state index contributed by atoms with van der Waals surface area (Å²) in [6.45, 7) is 0. The first kappa shape index (κ1) is 15.7. The first-order valence-electron chi connectivity index (χ1n) is 5.65. The number of hydrogen-bond donors (Lipinski definition) is 0. The Labute approximate surface area is 126 Å². The lowest BCUT2D eigenvalue weighted by Gasteiger charge is -2.08. The van der Waals surface area contributed by atoms with Crippen LogP contribution in [0.25, 0.3) is 0 Å². The molecule has 0 radical (unpaired) electrons. The molecule has 0 unspecified atom stereocenters. The Morgan fingerprint density at radius 2 is 1.80 bits per heavy atom. The highest BCUT2D eigenvalue weighted by Gasteiger charge is 2.30. The minimum absolute atomic E-state index is 0.541. The van der Waals surface area contributed by atoms with Crippen LogP contribution in [-0.4, -0.2) is 0 Å². The second-order valence-electron chi connectivity index (χ2n) is 3.87. The summed E-state index contributed by atoms with van der Waals surface area (Å²) in [4.78, 5) is 0. The predicted octanol–water partition coefficient (Wildman–Crippen LogP) is 6.03. The molecule has 0 saturated heterocycles. The van der Waals surface area contributed by atoms with Gasteiger partial charge in [0.05, 0.1) is 17.6 Å². The Bertz CT molecular complexity index is 526. The number of hydrogen-bond acceptors (Lipinski definition) is 4. The molecule has 0 saturated carbocycles. The summed E-state index contributed by atoms with van der Waals surface area (Å²) in [6.07, 6.45) is -2.65. The monoisotopic (exact) mass is 336 g/mol. The zero-order valence-corrected chi connectivity index (χ0v) is 12.7. The van der Waals surface area contributed by atoms with Gasteiger partial charge in [-0.15, -0.1) is 0 Å². The van der Waals surface area contributed by atoms with Crippen molar-refractivity contribution in [1.82, 2.24) is 0 Å². The van der Waals surface area contributed by atoms with Gasteiger partial charge in [-0.05, 0) is 33.6 Å². The lowest BCUT2D eigenvalue weighted by molar-refractivity contribution is -0.137. The average Bonchev–Trinajstić information content (AvgIpc) is 2.91. The van der Waals surface area contributed by atoms with Crippen LogP contribution in [0.4, 0.5) is 13.2 Å². The van der Waals surface area contributed by atoms with E-state index in [9.17, 15) is 13.2 Å². The van der Waals surface area contributed by atoms with E-state index in [4.69, 9.17) is 4.42 Å². The second-order valence-corrected chi connectivity index (χ2v) is 8.10. The number of furan rings is 1. The van der Waals surface area contributed by atoms with Gasteiger partial charge < -0.3 is 4.42 Å². The van der Waals surface area contributed by atoms with Gasteiger partial charge in [0, 0.05) is 5.75 Å². The average molecular weight is 336 g/mol. The fourth-order valence-electron chi connectivity index (χ4n) is 1.44. The molecular weight excluding hydrogens is 325 g/mol. The van der Waals surface area contributed by atoms with Crippen molar-refractivity contribution in [1.29, 1.82) is 0 Å². The molecule has 2 aromatic rings. The maximum atomic E-state index is 12.5. The van der Waals surface area contributed by atoms with Crippen LogP contribution < -0.4 is 0 Å². The van der Waals surface area contributed by atoms with Crippen LogP contribution in [-0.2, 0) is 17.7 Å². The van der Waals surface area contributed by atoms with Crippen molar-refractivity contribution in [2.75, 3.05) is 0 Å². The van der Waals surface area contributed by atoms with Crippen LogP contribution in [0.1, 0.15) is 16.9 Å². The molecule has 0 N–H and O–H groups in total. The fourth-order valence-corrected chi connectivity index (χ4v) is 4.93. The van der Waals surface area contributed by atoms with Gasteiger partial charge >= 0.3 is 6.18 Å². The lowest BCUT2D eigenvalue weighted by Crippen LogP contribution is -2.04. The molecule has 1 aromatic carbocycles. The molecule has 20 heavy (non-hydrogen) atoms. The minimum Gasteiger partial charge on any atom is -0.468 e. The Hall–Kier alpha value is -0.660. The molecule has 0 amide bonds. The molecule has 0 bridgehead atoms. The Balaban J connectivity index is 1.74. The van der Waals surface area contributed by atoms with Gasteiger partial charge in [-0.25, -0.2) is 0 Å². The van der Waals surface area contributed by atoms with Crippen molar-refractivity contribution in [3.63, 3.8) is 0 Å². The van der Waals surface area contributed by atoms with E-state index in [1.54, 1.807) is 32.9 Å². The predicted molar refractivity (Wildman–Crippen MR) is 80.3 cm³/mol. The molecule has 0 aliphatic heterocycles. The van der Waals surface area contributed by atoms with Gasteiger partial charge in [-0.2, -0.15) is 13.2 Å². The van der Waals surface area contributed by atoms with E-state index in [0.29, 0.717) is 11.3 Å². The van der Waals surface area contributed by atoms with Crippen LogP contribution >= 0.6 is 31.4 Å². The number of halogens is 3. The maximum Gasteiger partial charge on any atom is 0.416 e. The SMILES string of the molecule is FC(F)(F)c1cccc(CSSSCc2ccco2)c1. The summed E-state index contributed by atoms with van der Waals surface area (Å²) in [7, 11) is 4.67. The zero-order chi connectivity index (χ0) is 14.4. The Morgan fingerprint density at radius 1 is 1.00 bits per heavy atom. The smallest absolute Gasteiger partial charge is 0.416 e. The van der Waals surface area contributed by atoms with Crippen LogP contribution in [0.15, 0.2) is 47.1 Å². The quantitative estimate of drug-likeness (QED) is 0.472. The fraction of sp³-hybridized carbons (Fsp3) is 0.231. The van der Waals surface area contributed by atoms with Gasteiger partial charge in [-0.1, -0.05) is 39.8 Å². The summed E-state index contributed by atoms with van der Waals surface area (Å²) in [5, 5.41) is 0. The second kappa shape index (κ2) is 7.38. The van der Waals surface area contributed by atoms with Crippen LogP contribution in [0, 0.1) is 0 Å². The summed E-state index contributed by atoms with van der Waals surface area (Å²) < 4.78 is 42.8. The van der Waals surface area contributed by atoms with E-state index < -0.39 is 11.7 Å². The van der Waals surface area contributed by atoms with E-state index in [-0.39, 0.29) is 0 Å². The highest BCUT2D eigenvalue weighted by molar-refractivity contribution is 9.09. The number of alkyl halides is 3. The largest absolute Gasteiger partial charge is 0.468 e. The molecular formula is C13H11F3OS3. The third-order valence-electron chi connectivity index (χ3n) is 2.36. The van der Waals surface area contributed by atoms with E-state index in [1.807, 2.05) is 12.1 Å². The molecule has 1 aromatic heterocycles. The standard InChI is InChI=1S/C13H11F3OS3/c14-13(15,16)11-4-1-3-10(7-11)8-18-20-19-9-12-5-2-6-17-12/h1-7H,8-9H2. The molecule has 0 atom stereocenters. The van der Waals surface area contributed by atoms with Crippen molar-refractivity contribution in [3.05, 3.63) is 59.5 Å². The third-order valence-corrected chi connectivity index (χ3v) is 6.42. The van der Waals surface area contributed by atoms with Crippen molar-refractivity contribution in [2.45, 2.75) is 17.7 Å². The normalized spacial score (nSPS) is 11.8. The minimum atomic E-state index is -4.28. The summed E-state index contributed by atoms with van der Waals surface area (Å²) in [6, 6.07) is 9.17. The topological polar surface area (TPSA) is 13.1 Å². The molecule has 0 aliphatic carbocycles. The molecule has 0 aliphatic rings. The van der Waals surface area contributed by atoms with E-state index >= 15 is 0 Å². The van der Waals surface area contributed by atoms with Gasteiger partial charge in [0.2, 0.25) is 0 Å². The Kier molecular flexibility index (Phi) is 5.80. The third kappa shape index (κ3) is 5.03. The summed E-state index contributed by atoms with van der Waals surface area (Å²) in [5.41, 5.74) is 0.0831. The lowest BCUT2D eigenvalue weighted by atomic mass is 10.1. The Morgan fingerprint density at radius 3 is 2.50 bits per heavy atom. The van der Waals surface area contributed by atoms with Crippen LogP contribution in [0.2, 0.25) is 0 Å². The molecule has 1 nitrogen and oxygen atoms in total. The maximum absolute atomic E-state index is 12.5. The first-order valence-corrected chi connectivity index (χ1v) is 9.47. The van der Waals surface area contributed by atoms with Crippen LogP contribution in [0.5, 0.6) is 0 Å². The number of rotatable bonds is 6. The molecule has 0 fully saturated rings. The van der Waals surface area contributed by atoms with Crippen molar-refractivity contribution in [2.24, 2.45) is 0 Å². The van der Waals surface area contributed by atoms with Gasteiger partial charge in [0.1, 0.15) is 5.76 Å². The van der Waals surface area contributed by atoms with Crippen LogP contribution in [0.3, 0.4) is 0 Å². The zero-order valence-electron chi connectivity index (χ0n) is 10.2. The number of benzene rings is 1. The van der Waals surface area contributed by atoms with Crippen molar-refractivity contribution < 1.29 is 17.6 Å². The highest BCUT2D eigenvalue weighted by atomic mass is 33.5. The highest BCUT2D eigenvalue weighted by Crippen LogP contribution is 2.39. The molecule has 0 spiro atoms. The first-order chi connectivity index (χ1) is 9.55. The van der Waals surface area contributed by atoms with Crippen molar-refractivity contribution in [3.8, 4) is 0 Å². The summed E-state index contributed by atoms with van der Waals surface area (Å²) in [5.74, 6) is 2.18. The molecule has 2 rings (SSSR count). The van der Waals surface area contributed by atoms with E-state index in [0.717, 1.165) is 17.6 Å². The van der Waals surface area contributed by atoms with E-state index in [2.05, 4.69) is 0 Å². The summed E-state index contributed by atoms with van der Waals surface area (Å²) >= 11 is 0. The molecule has 7 heteroatoms. The van der Waals surface area contributed by atoms with E-state index in [1.165, 1.54) is 22.9 Å². The van der Waals surface area contributed by atoms with Gasteiger partial charge in [-0.3, -0.25) is 0 Å².